The predicted octanol–water partition coefficient (Wildman–Crippen LogP) is 3.43. The van der Waals surface area contributed by atoms with E-state index in [4.69, 9.17) is 4.52 Å². The summed E-state index contributed by atoms with van der Waals surface area (Å²) in [6.07, 6.45) is 0. The van der Waals surface area contributed by atoms with Crippen LogP contribution in [0.1, 0.15) is 28.5 Å². The SMILES string of the molecule is C[C@H](NC(=O)c1cccs1)c1nc(-c2ccc(F)cc2)no1. The predicted molar refractivity (Wildman–Crippen MR) is 79.9 cm³/mol. The van der Waals surface area contributed by atoms with Crippen molar-refractivity contribution in [3.8, 4) is 11.4 Å². The van der Waals surface area contributed by atoms with Crippen LogP contribution in [-0.4, -0.2) is 16.0 Å². The molecular weight excluding hydrogens is 305 g/mol. The summed E-state index contributed by atoms with van der Waals surface area (Å²) in [5, 5.41) is 8.47. The van der Waals surface area contributed by atoms with Crippen LogP contribution < -0.4 is 5.32 Å². The van der Waals surface area contributed by atoms with Crippen LogP contribution in [0.25, 0.3) is 11.4 Å². The van der Waals surface area contributed by atoms with E-state index in [0.717, 1.165) is 0 Å². The van der Waals surface area contributed by atoms with Gasteiger partial charge in [-0.05, 0) is 42.6 Å². The molecule has 1 aromatic carbocycles. The Hall–Kier alpha value is -2.54. The van der Waals surface area contributed by atoms with E-state index in [2.05, 4.69) is 15.5 Å². The Labute approximate surface area is 129 Å². The summed E-state index contributed by atoms with van der Waals surface area (Å²) in [4.78, 5) is 16.8. The third-order valence-corrected chi connectivity index (χ3v) is 3.88. The Kier molecular flexibility index (Phi) is 3.97. The Morgan fingerprint density at radius 2 is 2.09 bits per heavy atom. The lowest BCUT2D eigenvalue weighted by atomic mass is 10.2. The van der Waals surface area contributed by atoms with E-state index in [1.807, 2.05) is 11.4 Å². The molecule has 22 heavy (non-hydrogen) atoms. The standard InChI is InChI=1S/C15H12FN3O2S/c1-9(17-14(20)12-3-2-8-22-12)15-18-13(19-21-15)10-4-6-11(16)7-5-10/h2-9H,1H3,(H,17,20)/t9-/m0/s1. The summed E-state index contributed by atoms with van der Waals surface area (Å²) >= 11 is 1.36. The van der Waals surface area contributed by atoms with Gasteiger partial charge in [-0.1, -0.05) is 11.2 Å². The van der Waals surface area contributed by atoms with E-state index >= 15 is 0 Å². The van der Waals surface area contributed by atoms with Gasteiger partial charge in [0.2, 0.25) is 11.7 Å². The Morgan fingerprint density at radius 1 is 1.32 bits per heavy atom. The van der Waals surface area contributed by atoms with Crippen molar-refractivity contribution in [1.29, 1.82) is 0 Å². The number of carbonyl (C=O) groups is 1. The normalized spacial score (nSPS) is 12.1. The number of carbonyl (C=O) groups excluding carboxylic acids is 1. The average Bonchev–Trinajstić information content (AvgIpc) is 3.20. The van der Waals surface area contributed by atoms with Gasteiger partial charge < -0.3 is 9.84 Å². The molecule has 1 amide bonds. The van der Waals surface area contributed by atoms with Crippen LogP contribution >= 0.6 is 11.3 Å². The minimum atomic E-state index is -0.420. The van der Waals surface area contributed by atoms with Crippen molar-refractivity contribution >= 4 is 17.2 Å². The maximum Gasteiger partial charge on any atom is 0.261 e. The van der Waals surface area contributed by atoms with Crippen molar-refractivity contribution in [1.82, 2.24) is 15.5 Å². The highest BCUT2D eigenvalue weighted by Gasteiger charge is 2.18. The zero-order chi connectivity index (χ0) is 15.5. The van der Waals surface area contributed by atoms with E-state index < -0.39 is 6.04 Å². The highest BCUT2D eigenvalue weighted by molar-refractivity contribution is 7.12. The maximum absolute atomic E-state index is 12.9. The fourth-order valence-electron chi connectivity index (χ4n) is 1.86. The molecule has 0 aliphatic rings. The van der Waals surface area contributed by atoms with Crippen LogP contribution in [0.2, 0.25) is 0 Å². The molecule has 3 rings (SSSR count). The summed E-state index contributed by atoms with van der Waals surface area (Å²) in [5.74, 6) is 0.129. The fraction of sp³-hybridized carbons (Fsp3) is 0.133. The monoisotopic (exact) mass is 317 g/mol. The lowest BCUT2D eigenvalue weighted by Crippen LogP contribution is -2.26. The topological polar surface area (TPSA) is 68.0 Å². The molecule has 112 valence electrons. The molecule has 0 aliphatic heterocycles. The van der Waals surface area contributed by atoms with Crippen LogP contribution in [0.15, 0.2) is 46.3 Å². The summed E-state index contributed by atoms with van der Waals surface area (Å²) in [5.41, 5.74) is 0.646. The van der Waals surface area contributed by atoms with Crippen molar-refractivity contribution in [3.05, 3.63) is 58.4 Å². The smallest absolute Gasteiger partial charge is 0.261 e. The summed E-state index contributed by atoms with van der Waals surface area (Å²) < 4.78 is 18.1. The summed E-state index contributed by atoms with van der Waals surface area (Å²) in [6, 6.07) is 8.92. The van der Waals surface area contributed by atoms with Gasteiger partial charge in [-0.3, -0.25) is 4.79 Å². The van der Waals surface area contributed by atoms with Gasteiger partial charge in [0, 0.05) is 5.56 Å². The van der Waals surface area contributed by atoms with Crippen LogP contribution in [0.4, 0.5) is 4.39 Å². The van der Waals surface area contributed by atoms with Crippen molar-refractivity contribution in [3.63, 3.8) is 0 Å². The first-order chi connectivity index (χ1) is 10.6. The van der Waals surface area contributed by atoms with E-state index in [1.165, 1.54) is 23.5 Å². The van der Waals surface area contributed by atoms with Crippen molar-refractivity contribution < 1.29 is 13.7 Å². The number of halogens is 1. The van der Waals surface area contributed by atoms with Gasteiger partial charge in [-0.2, -0.15) is 4.98 Å². The van der Waals surface area contributed by atoms with E-state index in [9.17, 15) is 9.18 Å². The number of nitrogens with zero attached hydrogens (tertiary/aromatic N) is 2. The van der Waals surface area contributed by atoms with Gasteiger partial charge in [0.05, 0.1) is 4.88 Å². The second-order valence-corrected chi connectivity index (χ2v) is 5.58. The highest BCUT2D eigenvalue weighted by Crippen LogP contribution is 2.19. The molecule has 0 spiro atoms. The quantitative estimate of drug-likeness (QED) is 0.800. The van der Waals surface area contributed by atoms with Gasteiger partial charge in [-0.15, -0.1) is 11.3 Å². The number of amides is 1. The molecule has 0 saturated carbocycles. The zero-order valence-electron chi connectivity index (χ0n) is 11.6. The van der Waals surface area contributed by atoms with Crippen LogP contribution in [0.3, 0.4) is 0 Å². The Balaban J connectivity index is 1.73. The molecule has 2 heterocycles. The zero-order valence-corrected chi connectivity index (χ0v) is 12.4. The van der Waals surface area contributed by atoms with Crippen molar-refractivity contribution in [2.75, 3.05) is 0 Å². The largest absolute Gasteiger partial charge is 0.340 e. The molecule has 0 unspecified atom stereocenters. The third-order valence-electron chi connectivity index (χ3n) is 3.01. The van der Waals surface area contributed by atoms with Gasteiger partial charge in [0.25, 0.3) is 5.91 Å². The van der Waals surface area contributed by atoms with Crippen LogP contribution in [0.5, 0.6) is 0 Å². The van der Waals surface area contributed by atoms with Crippen LogP contribution in [0, 0.1) is 5.82 Å². The molecule has 0 saturated heterocycles. The first-order valence-corrected chi connectivity index (χ1v) is 7.45. The Bertz CT molecular complexity index is 768. The van der Waals surface area contributed by atoms with Crippen molar-refractivity contribution in [2.24, 2.45) is 0 Å². The summed E-state index contributed by atoms with van der Waals surface area (Å²) in [7, 11) is 0. The Morgan fingerprint density at radius 3 is 2.77 bits per heavy atom. The molecule has 0 aliphatic carbocycles. The molecule has 1 atom stereocenters. The van der Waals surface area contributed by atoms with Gasteiger partial charge in [-0.25, -0.2) is 4.39 Å². The second kappa shape index (κ2) is 6.07. The molecule has 7 heteroatoms. The first-order valence-electron chi connectivity index (χ1n) is 6.57. The second-order valence-electron chi connectivity index (χ2n) is 4.64. The van der Waals surface area contributed by atoms with E-state index in [-0.39, 0.29) is 11.7 Å². The van der Waals surface area contributed by atoms with Gasteiger partial charge in [0.15, 0.2) is 0 Å². The highest BCUT2D eigenvalue weighted by atomic mass is 32.1. The number of hydrogen-bond donors (Lipinski definition) is 1. The molecule has 5 nitrogen and oxygen atoms in total. The maximum atomic E-state index is 12.9. The third kappa shape index (κ3) is 3.04. The summed E-state index contributed by atoms with van der Waals surface area (Å²) in [6.45, 7) is 1.76. The molecule has 0 bridgehead atoms. The number of nitrogens with one attached hydrogen (secondary N) is 1. The minimum absolute atomic E-state index is 0.191. The van der Waals surface area contributed by atoms with E-state index in [0.29, 0.717) is 22.2 Å². The first kappa shape index (κ1) is 14.4. The molecule has 0 radical (unpaired) electrons. The van der Waals surface area contributed by atoms with Crippen molar-refractivity contribution in [2.45, 2.75) is 13.0 Å². The lowest BCUT2D eigenvalue weighted by Gasteiger charge is -2.07. The molecular formula is C15H12FN3O2S. The molecule has 0 fully saturated rings. The van der Waals surface area contributed by atoms with Gasteiger partial charge >= 0.3 is 0 Å². The fourth-order valence-corrected chi connectivity index (χ4v) is 2.49. The number of benzene rings is 1. The molecule has 2 aromatic heterocycles. The van der Waals surface area contributed by atoms with Crippen LogP contribution in [-0.2, 0) is 0 Å². The average molecular weight is 317 g/mol. The lowest BCUT2D eigenvalue weighted by molar-refractivity contribution is 0.0936. The number of rotatable bonds is 4. The van der Waals surface area contributed by atoms with Gasteiger partial charge in [0.1, 0.15) is 11.9 Å². The number of aromatic nitrogens is 2. The number of thiophene rings is 1. The minimum Gasteiger partial charge on any atom is -0.340 e. The molecule has 3 aromatic rings. The molecule has 1 N–H and O–H groups in total. The number of hydrogen-bond acceptors (Lipinski definition) is 5. The van der Waals surface area contributed by atoms with E-state index in [1.54, 1.807) is 25.1 Å².